The average molecular weight is 269 g/mol. The molecule has 100 valence electrons. The summed E-state index contributed by atoms with van der Waals surface area (Å²) in [6.07, 6.45) is 0.646. The van der Waals surface area contributed by atoms with Gasteiger partial charge < -0.3 is 9.84 Å². The number of fused-ring (bicyclic) bond motifs is 1. The lowest BCUT2D eigenvalue weighted by atomic mass is 10.3. The van der Waals surface area contributed by atoms with Gasteiger partial charge in [0.1, 0.15) is 34.8 Å². The van der Waals surface area contributed by atoms with Crippen LogP contribution in [0.3, 0.4) is 0 Å². The number of ether oxygens (including phenoxy) is 1. The number of hydrogen-bond acceptors (Lipinski definition) is 5. The number of carbonyl (C=O) groups is 1. The van der Waals surface area contributed by atoms with Crippen molar-refractivity contribution in [2.75, 3.05) is 6.61 Å². The van der Waals surface area contributed by atoms with Crippen LogP contribution in [0.1, 0.15) is 0 Å². The normalized spacial score (nSPS) is 10.6. The molecule has 0 spiro atoms. The first-order valence-electron chi connectivity index (χ1n) is 6.00. The summed E-state index contributed by atoms with van der Waals surface area (Å²) in [5.41, 5.74) is 1.93. The molecule has 0 aliphatic carbocycles. The number of aldehydes is 1. The van der Waals surface area contributed by atoms with Crippen LogP contribution in [0.5, 0.6) is 11.5 Å². The maximum atomic E-state index is 10.2. The third-order valence-corrected chi connectivity index (χ3v) is 2.77. The van der Waals surface area contributed by atoms with Crippen LogP contribution >= 0.6 is 0 Å². The van der Waals surface area contributed by atoms with Crippen molar-refractivity contribution in [3.05, 3.63) is 42.5 Å². The molecule has 2 aromatic carbocycles. The molecule has 0 fully saturated rings. The van der Waals surface area contributed by atoms with E-state index < -0.39 is 0 Å². The van der Waals surface area contributed by atoms with Gasteiger partial charge in [-0.15, -0.1) is 15.0 Å². The minimum absolute atomic E-state index is 0.0197. The highest BCUT2D eigenvalue weighted by atomic mass is 16.5. The zero-order valence-electron chi connectivity index (χ0n) is 10.4. The molecule has 3 rings (SSSR count). The Morgan fingerprint density at radius 2 is 1.85 bits per heavy atom. The maximum Gasteiger partial charge on any atom is 0.157 e. The van der Waals surface area contributed by atoms with Crippen molar-refractivity contribution in [2.24, 2.45) is 0 Å². The lowest BCUT2D eigenvalue weighted by molar-refractivity contribution is -0.109. The van der Waals surface area contributed by atoms with Crippen LogP contribution < -0.4 is 4.74 Å². The Morgan fingerprint density at radius 3 is 2.45 bits per heavy atom. The van der Waals surface area contributed by atoms with Crippen molar-refractivity contribution < 1.29 is 14.6 Å². The molecule has 0 saturated carbocycles. The summed E-state index contributed by atoms with van der Waals surface area (Å²) in [6, 6.07) is 12.1. The van der Waals surface area contributed by atoms with Gasteiger partial charge in [-0.3, -0.25) is 4.79 Å². The largest absolute Gasteiger partial charge is 0.505 e. The van der Waals surface area contributed by atoms with Gasteiger partial charge in [-0.25, -0.2) is 0 Å². The fraction of sp³-hybridized carbons (Fsp3) is 0.0714. The second-order valence-electron chi connectivity index (χ2n) is 4.11. The molecule has 0 radical (unpaired) electrons. The van der Waals surface area contributed by atoms with Crippen molar-refractivity contribution in [3.63, 3.8) is 0 Å². The van der Waals surface area contributed by atoms with Gasteiger partial charge >= 0.3 is 0 Å². The Balaban J connectivity index is 1.98. The van der Waals surface area contributed by atoms with Crippen molar-refractivity contribution >= 4 is 17.3 Å². The molecule has 3 aromatic rings. The molecular formula is C14H11N3O3. The predicted octanol–water partition coefficient (Wildman–Crippen LogP) is 1.70. The zero-order valence-corrected chi connectivity index (χ0v) is 10.4. The highest BCUT2D eigenvalue weighted by Crippen LogP contribution is 2.26. The summed E-state index contributed by atoms with van der Waals surface area (Å²) in [5, 5.41) is 18.6. The minimum atomic E-state index is -0.0529. The van der Waals surface area contributed by atoms with Gasteiger partial charge in [0.2, 0.25) is 0 Å². The summed E-state index contributed by atoms with van der Waals surface area (Å²) in [6.45, 7) is -0.0529. The number of carbonyl (C=O) groups excluding carboxylic acids is 1. The number of hydrogen-bond donors (Lipinski definition) is 1. The fourth-order valence-corrected chi connectivity index (χ4v) is 1.86. The van der Waals surface area contributed by atoms with E-state index in [1.54, 1.807) is 12.1 Å². The highest BCUT2D eigenvalue weighted by molar-refractivity contribution is 5.73. The maximum absolute atomic E-state index is 10.2. The molecule has 0 bridgehead atoms. The van der Waals surface area contributed by atoms with Gasteiger partial charge in [0.25, 0.3) is 0 Å². The first kappa shape index (κ1) is 12.2. The molecular weight excluding hydrogens is 258 g/mol. The van der Waals surface area contributed by atoms with Crippen LogP contribution in [-0.2, 0) is 4.79 Å². The average Bonchev–Trinajstić information content (AvgIpc) is 2.88. The van der Waals surface area contributed by atoms with Crippen LogP contribution in [0.2, 0.25) is 0 Å². The van der Waals surface area contributed by atoms with Crippen LogP contribution in [0.4, 0.5) is 0 Å². The Kier molecular flexibility index (Phi) is 3.04. The van der Waals surface area contributed by atoms with E-state index in [-0.39, 0.29) is 12.4 Å². The van der Waals surface area contributed by atoms with E-state index in [1.807, 2.05) is 24.3 Å². The predicted molar refractivity (Wildman–Crippen MR) is 72.1 cm³/mol. The molecule has 6 nitrogen and oxygen atoms in total. The Morgan fingerprint density at radius 1 is 1.15 bits per heavy atom. The van der Waals surface area contributed by atoms with Gasteiger partial charge in [-0.2, -0.15) is 0 Å². The quantitative estimate of drug-likeness (QED) is 0.729. The van der Waals surface area contributed by atoms with Crippen molar-refractivity contribution in [2.45, 2.75) is 0 Å². The number of benzene rings is 2. The second kappa shape index (κ2) is 5.00. The monoisotopic (exact) mass is 269 g/mol. The lowest BCUT2D eigenvalue weighted by Gasteiger charge is -2.06. The van der Waals surface area contributed by atoms with E-state index in [4.69, 9.17) is 4.74 Å². The third-order valence-electron chi connectivity index (χ3n) is 2.77. The Labute approximate surface area is 114 Å². The SMILES string of the molecule is O=CCOc1ccc(-n2nc3ccccc3n2)c(O)c1. The lowest BCUT2D eigenvalue weighted by Crippen LogP contribution is -2.01. The van der Waals surface area contributed by atoms with Crippen molar-refractivity contribution in [1.82, 2.24) is 15.0 Å². The van der Waals surface area contributed by atoms with E-state index >= 15 is 0 Å². The topological polar surface area (TPSA) is 77.2 Å². The third kappa shape index (κ3) is 2.18. The van der Waals surface area contributed by atoms with Crippen LogP contribution in [0.15, 0.2) is 42.5 Å². The fourth-order valence-electron chi connectivity index (χ4n) is 1.86. The number of rotatable bonds is 4. The molecule has 1 N–H and O–H groups in total. The summed E-state index contributed by atoms with van der Waals surface area (Å²) in [4.78, 5) is 11.6. The number of phenols is 1. The number of nitrogens with zero attached hydrogens (tertiary/aromatic N) is 3. The van der Waals surface area contributed by atoms with Crippen molar-refractivity contribution in [3.8, 4) is 17.2 Å². The summed E-state index contributed by atoms with van der Waals surface area (Å²) in [7, 11) is 0. The molecule has 0 amide bonds. The Bertz CT molecular complexity index is 734. The van der Waals surface area contributed by atoms with Crippen molar-refractivity contribution in [1.29, 1.82) is 0 Å². The number of aromatic hydroxyl groups is 1. The molecule has 0 saturated heterocycles. The molecule has 6 heteroatoms. The molecule has 1 heterocycles. The van der Waals surface area contributed by atoms with E-state index in [1.165, 1.54) is 10.9 Å². The summed E-state index contributed by atoms with van der Waals surface area (Å²) in [5.74, 6) is 0.392. The van der Waals surface area contributed by atoms with E-state index in [0.717, 1.165) is 11.0 Å². The van der Waals surface area contributed by atoms with Gasteiger partial charge in [0.15, 0.2) is 6.29 Å². The first-order valence-corrected chi connectivity index (χ1v) is 6.00. The molecule has 0 unspecified atom stereocenters. The van der Waals surface area contributed by atoms with E-state index in [9.17, 15) is 9.90 Å². The molecule has 20 heavy (non-hydrogen) atoms. The molecule has 1 aromatic heterocycles. The van der Waals surface area contributed by atoms with E-state index in [0.29, 0.717) is 17.7 Å². The van der Waals surface area contributed by atoms with Crippen LogP contribution in [0.25, 0.3) is 16.7 Å². The number of aromatic nitrogens is 3. The second-order valence-corrected chi connectivity index (χ2v) is 4.11. The highest BCUT2D eigenvalue weighted by Gasteiger charge is 2.09. The summed E-state index contributed by atoms with van der Waals surface area (Å²) < 4.78 is 5.11. The van der Waals surface area contributed by atoms with Gasteiger partial charge in [-0.1, -0.05) is 12.1 Å². The van der Waals surface area contributed by atoms with Crippen LogP contribution in [-0.4, -0.2) is 33.0 Å². The molecule has 0 atom stereocenters. The van der Waals surface area contributed by atoms with Gasteiger partial charge in [0, 0.05) is 6.07 Å². The van der Waals surface area contributed by atoms with Gasteiger partial charge in [-0.05, 0) is 24.3 Å². The minimum Gasteiger partial charge on any atom is -0.505 e. The Hall–Kier alpha value is -2.89. The van der Waals surface area contributed by atoms with E-state index in [2.05, 4.69) is 10.2 Å². The number of phenolic OH excluding ortho intramolecular Hbond substituents is 1. The van der Waals surface area contributed by atoms with Crippen LogP contribution in [0, 0.1) is 0 Å². The molecule has 0 aliphatic rings. The zero-order chi connectivity index (χ0) is 13.9. The van der Waals surface area contributed by atoms with Gasteiger partial charge in [0.05, 0.1) is 0 Å². The smallest absolute Gasteiger partial charge is 0.157 e. The summed E-state index contributed by atoms with van der Waals surface area (Å²) >= 11 is 0. The standard InChI is InChI=1S/C14H11N3O3/c18-7-8-20-10-5-6-13(14(19)9-10)17-15-11-3-1-2-4-12(11)16-17/h1-7,9,19H,8H2. The first-order chi connectivity index (χ1) is 9.78. The molecule has 0 aliphatic heterocycles.